The lowest BCUT2D eigenvalue weighted by atomic mass is 9.95. The molecule has 1 atom stereocenters. The standard InChI is InChI=1S/C16H18FNO2S/c17-13-3-4-14-12(8-13)9-15(21-14)16(20)18-6-1-2-11(10-18)5-7-19/h3-4,8-9,11,19H,1-2,5-7,10H2. The lowest BCUT2D eigenvalue weighted by molar-refractivity contribution is 0.0658. The smallest absolute Gasteiger partial charge is 0.263 e. The number of carbonyl (C=O) groups is 1. The summed E-state index contributed by atoms with van der Waals surface area (Å²) in [5.41, 5.74) is 0. The molecule has 3 rings (SSSR count). The average Bonchev–Trinajstić information content (AvgIpc) is 2.90. The molecule has 1 aromatic heterocycles. The Morgan fingerprint density at radius 3 is 3.10 bits per heavy atom. The van der Waals surface area contributed by atoms with Gasteiger partial charge >= 0.3 is 0 Å². The topological polar surface area (TPSA) is 40.5 Å². The molecule has 0 bridgehead atoms. The Balaban J connectivity index is 1.79. The molecule has 3 nitrogen and oxygen atoms in total. The van der Waals surface area contributed by atoms with Crippen molar-refractivity contribution >= 4 is 27.3 Å². The van der Waals surface area contributed by atoms with Crippen molar-refractivity contribution in [2.45, 2.75) is 19.3 Å². The van der Waals surface area contributed by atoms with Crippen molar-refractivity contribution in [3.8, 4) is 0 Å². The van der Waals surface area contributed by atoms with Gasteiger partial charge in [0.05, 0.1) is 4.88 Å². The summed E-state index contributed by atoms with van der Waals surface area (Å²) in [5.74, 6) is 0.138. The fourth-order valence-electron chi connectivity index (χ4n) is 2.94. The van der Waals surface area contributed by atoms with Crippen molar-refractivity contribution in [1.29, 1.82) is 0 Å². The number of amides is 1. The van der Waals surface area contributed by atoms with Crippen molar-refractivity contribution in [2.24, 2.45) is 5.92 Å². The van der Waals surface area contributed by atoms with E-state index >= 15 is 0 Å². The quantitative estimate of drug-likeness (QED) is 0.945. The van der Waals surface area contributed by atoms with Crippen LogP contribution in [-0.4, -0.2) is 35.6 Å². The Labute approximate surface area is 127 Å². The number of thiophene rings is 1. The number of carbonyl (C=O) groups excluding carboxylic acids is 1. The Kier molecular flexibility index (Phi) is 4.22. The van der Waals surface area contributed by atoms with Crippen LogP contribution < -0.4 is 0 Å². The number of piperidine rings is 1. The van der Waals surface area contributed by atoms with E-state index in [4.69, 9.17) is 5.11 Å². The van der Waals surface area contributed by atoms with Gasteiger partial charge in [0.25, 0.3) is 5.91 Å². The molecule has 1 saturated heterocycles. The summed E-state index contributed by atoms with van der Waals surface area (Å²) in [5, 5.41) is 9.83. The van der Waals surface area contributed by atoms with E-state index in [0.29, 0.717) is 17.3 Å². The molecule has 1 fully saturated rings. The second kappa shape index (κ2) is 6.12. The fourth-order valence-corrected chi connectivity index (χ4v) is 3.95. The number of hydrogen-bond donors (Lipinski definition) is 1. The largest absolute Gasteiger partial charge is 0.396 e. The highest BCUT2D eigenvalue weighted by molar-refractivity contribution is 7.20. The Morgan fingerprint density at radius 1 is 1.43 bits per heavy atom. The van der Waals surface area contributed by atoms with Crippen LogP contribution >= 0.6 is 11.3 Å². The third-order valence-corrected chi connectivity index (χ3v) is 5.14. The molecule has 1 unspecified atom stereocenters. The molecule has 2 heterocycles. The summed E-state index contributed by atoms with van der Waals surface area (Å²) in [6.07, 6.45) is 2.80. The maximum Gasteiger partial charge on any atom is 0.263 e. The van der Waals surface area contributed by atoms with Crippen molar-refractivity contribution in [3.05, 3.63) is 35.0 Å². The number of fused-ring (bicyclic) bond motifs is 1. The predicted molar refractivity (Wildman–Crippen MR) is 82.1 cm³/mol. The molecular weight excluding hydrogens is 289 g/mol. The monoisotopic (exact) mass is 307 g/mol. The summed E-state index contributed by atoms with van der Waals surface area (Å²) in [7, 11) is 0. The third-order valence-electron chi connectivity index (χ3n) is 4.03. The minimum Gasteiger partial charge on any atom is -0.396 e. The van der Waals surface area contributed by atoms with Crippen LogP contribution in [0.2, 0.25) is 0 Å². The summed E-state index contributed by atoms with van der Waals surface area (Å²) < 4.78 is 14.2. The first-order valence-electron chi connectivity index (χ1n) is 7.26. The highest BCUT2D eigenvalue weighted by Crippen LogP contribution is 2.29. The number of nitrogens with zero attached hydrogens (tertiary/aromatic N) is 1. The number of hydrogen-bond acceptors (Lipinski definition) is 3. The Hall–Kier alpha value is -1.46. The fraction of sp³-hybridized carbons (Fsp3) is 0.438. The van der Waals surface area contributed by atoms with Crippen molar-refractivity contribution in [1.82, 2.24) is 4.90 Å². The van der Waals surface area contributed by atoms with Gasteiger partial charge in [0, 0.05) is 24.4 Å². The lowest BCUT2D eigenvalue weighted by Gasteiger charge is -2.32. The van der Waals surface area contributed by atoms with Gasteiger partial charge in [-0.25, -0.2) is 4.39 Å². The molecule has 21 heavy (non-hydrogen) atoms. The van der Waals surface area contributed by atoms with E-state index in [-0.39, 0.29) is 18.3 Å². The van der Waals surface area contributed by atoms with Crippen molar-refractivity contribution in [2.75, 3.05) is 19.7 Å². The van der Waals surface area contributed by atoms with Crippen LogP contribution in [0.25, 0.3) is 10.1 Å². The summed E-state index contributed by atoms with van der Waals surface area (Å²) >= 11 is 1.42. The van der Waals surface area contributed by atoms with E-state index in [9.17, 15) is 9.18 Å². The zero-order valence-corrected chi connectivity index (χ0v) is 12.5. The van der Waals surface area contributed by atoms with Crippen LogP contribution in [0.3, 0.4) is 0 Å². The molecule has 1 amide bonds. The normalized spacial score (nSPS) is 19.1. The minimum atomic E-state index is -0.278. The van der Waals surface area contributed by atoms with Gasteiger partial charge in [0.1, 0.15) is 5.82 Å². The lowest BCUT2D eigenvalue weighted by Crippen LogP contribution is -2.39. The molecule has 5 heteroatoms. The van der Waals surface area contributed by atoms with Crippen LogP contribution in [0.5, 0.6) is 0 Å². The maximum absolute atomic E-state index is 13.2. The van der Waals surface area contributed by atoms with E-state index in [0.717, 1.165) is 35.9 Å². The zero-order chi connectivity index (χ0) is 14.8. The van der Waals surface area contributed by atoms with Crippen LogP contribution in [0.15, 0.2) is 24.3 Å². The predicted octanol–water partition coefficient (Wildman–Crippen LogP) is 3.28. The number of halogens is 1. The molecule has 112 valence electrons. The number of benzene rings is 1. The van der Waals surface area contributed by atoms with E-state index < -0.39 is 0 Å². The van der Waals surface area contributed by atoms with Gasteiger partial charge in [0.15, 0.2) is 0 Å². The zero-order valence-electron chi connectivity index (χ0n) is 11.7. The highest BCUT2D eigenvalue weighted by atomic mass is 32.1. The van der Waals surface area contributed by atoms with Gasteiger partial charge in [-0.3, -0.25) is 4.79 Å². The van der Waals surface area contributed by atoms with Gasteiger partial charge in [-0.05, 0) is 54.8 Å². The van der Waals surface area contributed by atoms with E-state index in [1.807, 2.05) is 4.90 Å². The summed E-state index contributed by atoms with van der Waals surface area (Å²) in [6, 6.07) is 6.39. The van der Waals surface area contributed by atoms with Gasteiger partial charge in [0.2, 0.25) is 0 Å². The second-order valence-corrected chi connectivity index (χ2v) is 6.65. The van der Waals surface area contributed by atoms with E-state index in [1.165, 1.54) is 23.5 Å². The minimum absolute atomic E-state index is 0.0271. The molecular formula is C16H18FNO2S. The molecule has 0 radical (unpaired) electrons. The molecule has 0 spiro atoms. The van der Waals surface area contributed by atoms with Crippen molar-refractivity contribution in [3.63, 3.8) is 0 Å². The molecule has 1 N–H and O–H groups in total. The Bertz CT molecular complexity index is 653. The molecule has 1 aliphatic heterocycles. The molecule has 0 saturated carbocycles. The molecule has 1 aliphatic rings. The summed E-state index contributed by atoms with van der Waals surface area (Å²) in [4.78, 5) is 15.1. The van der Waals surface area contributed by atoms with Crippen LogP contribution in [0.4, 0.5) is 4.39 Å². The number of rotatable bonds is 3. The van der Waals surface area contributed by atoms with E-state index in [2.05, 4.69) is 0 Å². The SMILES string of the molecule is O=C(c1cc2cc(F)ccc2s1)N1CCCC(CCO)C1. The number of aliphatic hydroxyl groups excluding tert-OH is 1. The van der Waals surface area contributed by atoms with Crippen LogP contribution in [0, 0.1) is 11.7 Å². The van der Waals surface area contributed by atoms with Gasteiger partial charge in [-0.2, -0.15) is 0 Å². The van der Waals surface area contributed by atoms with E-state index in [1.54, 1.807) is 12.1 Å². The average molecular weight is 307 g/mol. The van der Waals surface area contributed by atoms with Crippen LogP contribution in [0.1, 0.15) is 28.9 Å². The van der Waals surface area contributed by atoms with Gasteiger partial charge < -0.3 is 10.0 Å². The first-order chi connectivity index (χ1) is 10.2. The summed E-state index contributed by atoms with van der Waals surface area (Å²) in [6.45, 7) is 1.65. The second-order valence-electron chi connectivity index (χ2n) is 5.56. The first-order valence-corrected chi connectivity index (χ1v) is 8.08. The van der Waals surface area contributed by atoms with Crippen molar-refractivity contribution < 1.29 is 14.3 Å². The van der Waals surface area contributed by atoms with Gasteiger partial charge in [-0.15, -0.1) is 11.3 Å². The van der Waals surface area contributed by atoms with Gasteiger partial charge in [-0.1, -0.05) is 0 Å². The molecule has 1 aromatic carbocycles. The maximum atomic E-state index is 13.2. The number of likely N-dealkylation sites (tertiary alicyclic amines) is 1. The van der Waals surface area contributed by atoms with Crippen LogP contribution in [-0.2, 0) is 0 Å². The molecule has 2 aromatic rings. The Morgan fingerprint density at radius 2 is 2.29 bits per heavy atom. The first kappa shape index (κ1) is 14.5. The number of aliphatic hydroxyl groups is 1. The molecule has 0 aliphatic carbocycles. The third kappa shape index (κ3) is 3.09. The highest BCUT2D eigenvalue weighted by Gasteiger charge is 2.25.